The number of alkyl halides is 3. The van der Waals surface area contributed by atoms with Gasteiger partial charge in [0.2, 0.25) is 3.79 Å². The first-order valence-corrected chi connectivity index (χ1v) is 9.12. The Morgan fingerprint density at radius 2 is 1.64 bits per heavy atom. The van der Waals surface area contributed by atoms with Crippen molar-refractivity contribution < 1.29 is 4.48 Å². The molecule has 1 rings (SSSR count). The second-order valence-electron chi connectivity index (χ2n) is 5.81. The van der Waals surface area contributed by atoms with E-state index in [2.05, 4.69) is 26.2 Å². The largest absolute Gasteiger partial charge is 0.326 e. The maximum Gasteiger partial charge on any atom is 0.209 e. The Morgan fingerprint density at radius 3 is 2.09 bits per heavy atom. The fraction of sp³-hybridized carbons (Fsp3) is 0.625. The molecule has 1 atom stereocenters. The Hall–Kier alpha value is 0.300. The number of halogens is 4. The van der Waals surface area contributed by atoms with Gasteiger partial charge in [0.05, 0.1) is 32.7 Å². The topological polar surface area (TPSA) is 12.0 Å². The second kappa shape index (κ2) is 8.96. The molecule has 0 aliphatic carbocycles. The van der Waals surface area contributed by atoms with E-state index in [0.29, 0.717) is 5.02 Å². The summed E-state index contributed by atoms with van der Waals surface area (Å²) in [4.78, 5) is 0. The molecule has 6 heteroatoms. The van der Waals surface area contributed by atoms with Crippen molar-refractivity contribution >= 4 is 46.4 Å². The van der Waals surface area contributed by atoms with Crippen LogP contribution in [0.15, 0.2) is 24.3 Å². The first-order valence-electron chi connectivity index (χ1n) is 7.61. The Bertz CT molecular complexity index is 438. The smallest absolute Gasteiger partial charge is 0.209 e. The summed E-state index contributed by atoms with van der Waals surface area (Å²) in [6.45, 7) is 8.59. The monoisotopic (exact) mass is 385 g/mol. The maximum absolute atomic E-state index is 6.13. The lowest BCUT2D eigenvalue weighted by Gasteiger charge is -2.33. The highest BCUT2D eigenvalue weighted by Gasteiger charge is 2.33. The first-order chi connectivity index (χ1) is 10.2. The van der Waals surface area contributed by atoms with Crippen molar-refractivity contribution in [3.8, 4) is 0 Å². The van der Waals surface area contributed by atoms with Gasteiger partial charge >= 0.3 is 0 Å². The molecule has 1 N–H and O–H groups in total. The van der Waals surface area contributed by atoms with Crippen LogP contribution in [0.5, 0.6) is 0 Å². The lowest BCUT2D eigenvalue weighted by atomic mass is 10.1. The van der Waals surface area contributed by atoms with E-state index in [9.17, 15) is 0 Å². The number of hydrogen-bond donors (Lipinski definition) is 1. The summed E-state index contributed by atoms with van der Waals surface area (Å²) in [6.07, 6.45) is 1.03. The number of hydrogen-bond acceptors (Lipinski definition) is 1. The van der Waals surface area contributed by atoms with Gasteiger partial charge in [-0.2, -0.15) is 0 Å². The lowest BCUT2D eigenvalue weighted by Crippen LogP contribution is -2.45. The van der Waals surface area contributed by atoms with Crippen molar-refractivity contribution in [2.24, 2.45) is 0 Å². The molecule has 22 heavy (non-hydrogen) atoms. The highest BCUT2D eigenvalue weighted by Crippen LogP contribution is 2.39. The maximum atomic E-state index is 6.13. The summed E-state index contributed by atoms with van der Waals surface area (Å²) >= 11 is 24.3. The van der Waals surface area contributed by atoms with Gasteiger partial charge in [0.1, 0.15) is 0 Å². The van der Waals surface area contributed by atoms with Gasteiger partial charge < -0.3 is 9.80 Å². The molecule has 0 unspecified atom stereocenters. The minimum Gasteiger partial charge on any atom is -0.326 e. The molecule has 0 saturated heterocycles. The third kappa shape index (κ3) is 6.43. The molecule has 2 nitrogen and oxygen atoms in total. The molecule has 0 aliphatic rings. The van der Waals surface area contributed by atoms with Crippen LogP contribution in [-0.2, 0) is 0 Å². The van der Waals surface area contributed by atoms with E-state index < -0.39 is 3.79 Å². The molecule has 0 amide bonds. The van der Waals surface area contributed by atoms with Crippen molar-refractivity contribution in [3.05, 3.63) is 34.9 Å². The molecule has 0 aliphatic heterocycles. The molecule has 126 valence electrons. The van der Waals surface area contributed by atoms with Gasteiger partial charge in [-0.15, -0.1) is 0 Å². The van der Waals surface area contributed by atoms with Gasteiger partial charge in [0.25, 0.3) is 0 Å². The highest BCUT2D eigenvalue weighted by atomic mass is 35.6. The van der Waals surface area contributed by atoms with Crippen molar-refractivity contribution in [3.63, 3.8) is 0 Å². The van der Waals surface area contributed by atoms with Crippen LogP contribution in [0.1, 0.15) is 31.9 Å². The lowest BCUT2D eigenvalue weighted by molar-refractivity contribution is -0.906. The number of rotatable bonds is 8. The van der Waals surface area contributed by atoms with E-state index in [-0.39, 0.29) is 6.04 Å². The molecule has 0 aromatic heterocycles. The molecule has 0 bridgehead atoms. The van der Waals surface area contributed by atoms with Crippen LogP contribution in [0.25, 0.3) is 0 Å². The summed E-state index contributed by atoms with van der Waals surface area (Å²) in [5.41, 5.74) is 0.924. The van der Waals surface area contributed by atoms with Crippen LogP contribution >= 0.6 is 46.4 Å². The standard InChI is InChI=1S/C16H25Cl4N2/c1-4-22(3,5-2)12-6-11-21-15(16(18,19)20)13-7-9-14(17)10-8-13/h7-10,15,21H,4-6,11-12H2,1-3H3/q+1/t15-/m0/s1. The van der Waals surface area contributed by atoms with Crippen molar-refractivity contribution in [2.75, 3.05) is 33.2 Å². The first kappa shape index (κ1) is 20.3. The summed E-state index contributed by atoms with van der Waals surface area (Å²) in [5.74, 6) is 0. The molecule has 0 heterocycles. The number of quaternary nitrogens is 1. The van der Waals surface area contributed by atoms with Crippen LogP contribution in [0.2, 0.25) is 5.02 Å². The fourth-order valence-electron chi connectivity index (χ4n) is 2.32. The van der Waals surface area contributed by atoms with Gasteiger partial charge in [-0.25, -0.2) is 0 Å². The molecule has 0 spiro atoms. The Kier molecular flexibility index (Phi) is 8.29. The van der Waals surface area contributed by atoms with Gasteiger partial charge in [-0.3, -0.25) is 0 Å². The van der Waals surface area contributed by atoms with Gasteiger partial charge in [-0.1, -0.05) is 58.5 Å². The van der Waals surface area contributed by atoms with Crippen molar-refractivity contribution in [1.82, 2.24) is 5.32 Å². The quantitative estimate of drug-likeness (QED) is 0.367. The summed E-state index contributed by atoms with van der Waals surface area (Å²) < 4.78 is -0.345. The number of benzene rings is 1. The zero-order valence-corrected chi connectivity index (χ0v) is 16.4. The molecule has 0 saturated carbocycles. The summed E-state index contributed by atoms with van der Waals surface area (Å²) in [5, 5.41) is 4.04. The second-order valence-corrected chi connectivity index (χ2v) is 8.61. The SMILES string of the molecule is CC[N+](C)(CC)CCCN[C@@H](c1ccc(Cl)cc1)C(Cl)(Cl)Cl. The average molecular weight is 387 g/mol. The van der Waals surface area contributed by atoms with E-state index in [1.165, 1.54) is 0 Å². The van der Waals surface area contributed by atoms with Crippen LogP contribution < -0.4 is 5.32 Å². The van der Waals surface area contributed by atoms with Crippen molar-refractivity contribution in [2.45, 2.75) is 30.1 Å². The van der Waals surface area contributed by atoms with E-state index in [1.807, 2.05) is 24.3 Å². The molecule has 0 radical (unpaired) electrons. The van der Waals surface area contributed by atoms with Crippen LogP contribution in [0.3, 0.4) is 0 Å². The van der Waals surface area contributed by atoms with Crippen LogP contribution in [-0.4, -0.2) is 41.5 Å². The predicted molar refractivity (Wildman–Crippen MR) is 99.2 cm³/mol. The van der Waals surface area contributed by atoms with Crippen LogP contribution in [0.4, 0.5) is 0 Å². The van der Waals surface area contributed by atoms with E-state index in [4.69, 9.17) is 46.4 Å². The molecular weight excluding hydrogens is 362 g/mol. The highest BCUT2D eigenvalue weighted by molar-refractivity contribution is 6.68. The van der Waals surface area contributed by atoms with Gasteiger partial charge in [0.15, 0.2) is 0 Å². The summed E-state index contributed by atoms with van der Waals surface area (Å²) in [7, 11) is 2.27. The Balaban J connectivity index is 2.63. The Morgan fingerprint density at radius 1 is 1.09 bits per heavy atom. The van der Waals surface area contributed by atoms with Crippen LogP contribution in [0, 0.1) is 0 Å². The number of nitrogens with one attached hydrogen (secondary N) is 1. The van der Waals surface area contributed by atoms with E-state index in [0.717, 1.165) is 42.6 Å². The molecule has 0 fully saturated rings. The minimum absolute atomic E-state index is 0.350. The van der Waals surface area contributed by atoms with Gasteiger partial charge in [-0.05, 0) is 31.5 Å². The fourth-order valence-corrected chi connectivity index (χ4v) is 3.06. The molecular formula is C16H25Cl4N2+. The average Bonchev–Trinajstić information content (AvgIpc) is 2.47. The zero-order chi connectivity index (χ0) is 16.8. The third-order valence-electron chi connectivity index (χ3n) is 4.28. The molecule has 1 aromatic carbocycles. The third-order valence-corrected chi connectivity index (χ3v) is 5.19. The Labute approximate surface area is 154 Å². The van der Waals surface area contributed by atoms with E-state index >= 15 is 0 Å². The minimum atomic E-state index is -1.40. The summed E-state index contributed by atoms with van der Waals surface area (Å²) in [6, 6.07) is 7.05. The van der Waals surface area contributed by atoms with Gasteiger partial charge in [0, 0.05) is 18.0 Å². The van der Waals surface area contributed by atoms with E-state index in [1.54, 1.807) is 0 Å². The zero-order valence-electron chi connectivity index (χ0n) is 13.4. The predicted octanol–water partition coefficient (Wildman–Crippen LogP) is 5.22. The number of nitrogens with zero attached hydrogens (tertiary/aromatic N) is 1. The van der Waals surface area contributed by atoms with Crippen molar-refractivity contribution in [1.29, 1.82) is 0 Å². The molecule has 1 aromatic rings. The normalized spacial score (nSPS) is 14.1.